The Kier molecular flexibility index (Phi) is 3.22. The van der Waals surface area contributed by atoms with E-state index >= 15 is 0 Å². The van der Waals surface area contributed by atoms with E-state index in [1.807, 2.05) is 0 Å². The number of rotatable bonds is 1. The predicted octanol–water partition coefficient (Wildman–Crippen LogP) is 3.65. The summed E-state index contributed by atoms with van der Waals surface area (Å²) in [5, 5.41) is -0.582. The minimum Gasteiger partial charge on any atom is -0.403 e. The zero-order chi connectivity index (χ0) is 12.6. The molecule has 0 saturated heterocycles. The van der Waals surface area contributed by atoms with Crippen LogP contribution < -0.4 is 4.74 Å². The van der Waals surface area contributed by atoms with Crippen molar-refractivity contribution in [2.45, 2.75) is 12.5 Å². The van der Waals surface area contributed by atoms with E-state index in [4.69, 9.17) is 11.6 Å². The number of ether oxygens (including phenoxy) is 1. The predicted molar refractivity (Wildman–Crippen MR) is 40.9 cm³/mol. The molecule has 1 heterocycles. The smallest absolute Gasteiger partial charge is 0.403 e. The molecule has 0 aromatic carbocycles. The molecular weight excluding hydrogens is 264 g/mol. The molecule has 0 atom stereocenters. The van der Waals surface area contributed by atoms with Crippen LogP contribution in [0, 0.1) is 0 Å². The van der Waals surface area contributed by atoms with Gasteiger partial charge in [0, 0.05) is 0 Å². The Hall–Kier alpha value is -1.18. The van der Waals surface area contributed by atoms with Gasteiger partial charge in [-0.05, 0) is 6.07 Å². The molecule has 0 bridgehead atoms. The third-order valence-electron chi connectivity index (χ3n) is 1.37. The minimum atomic E-state index is -5.23. The number of hydrogen-bond acceptors (Lipinski definition) is 2. The van der Waals surface area contributed by atoms with Crippen LogP contribution in [0.2, 0.25) is 5.15 Å². The van der Waals surface area contributed by atoms with Crippen molar-refractivity contribution in [2.24, 2.45) is 0 Å². The molecule has 1 aromatic rings. The molecule has 0 aliphatic heterocycles. The maximum atomic E-state index is 12.3. The van der Waals surface area contributed by atoms with Gasteiger partial charge in [-0.3, -0.25) is 0 Å². The molecule has 0 aliphatic carbocycles. The Bertz CT molecular complexity index is 387. The SMILES string of the molecule is FC(F)(F)Oc1cnc(Cl)cc1C(F)(F)F. The number of halogens is 7. The Morgan fingerprint density at radius 1 is 1.12 bits per heavy atom. The van der Waals surface area contributed by atoms with Crippen LogP contribution in [0.1, 0.15) is 5.56 Å². The average molecular weight is 266 g/mol. The summed E-state index contributed by atoms with van der Waals surface area (Å²) in [5.41, 5.74) is -1.63. The zero-order valence-electron chi connectivity index (χ0n) is 7.16. The van der Waals surface area contributed by atoms with Gasteiger partial charge in [0.15, 0.2) is 5.75 Å². The lowest BCUT2D eigenvalue weighted by molar-refractivity contribution is -0.276. The Balaban J connectivity index is 3.19. The van der Waals surface area contributed by atoms with Crippen LogP contribution in [0.15, 0.2) is 12.3 Å². The van der Waals surface area contributed by atoms with Gasteiger partial charge in [0.25, 0.3) is 0 Å². The summed E-state index contributed by atoms with van der Waals surface area (Å²) in [6.07, 6.45) is -9.97. The van der Waals surface area contributed by atoms with Crippen molar-refractivity contribution >= 4 is 11.6 Å². The van der Waals surface area contributed by atoms with Crippen LogP contribution in [-0.4, -0.2) is 11.3 Å². The third-order valence-corrected chi connectivity index (χ3v) is 1.57. The maximum absolute atomic E-state index is 12.3. The molecule has 16 heavy (non-hydrogen) atoms. The molecule has 0 aliphatic rings. The molecule has 0 saturated carbocycles. The second-order valence-corrected chi connectivity index (χ2v) is 2.94. The van der Waals surface area contributed by atoms with E-state index in [1.54, 1.807) is 0 Å². The van der Waals surface area contributed by atoms with Crippen molar-refractivity contribution in [3.8, 4) is 5.75 Å². The standard InChI is InChI=1S/C7H2ClF6NO/c8-5-1-3(6(9,10)11)4(2-15-5)16-7(12,13)14/h1-2H. The average Bonchev–Trinajstić information content (AvgIpc) is 2.04. The number of aromatic nitrogens is 1. The van der Waals surface area contributed by atoms with E-state index in [0.29, 0.717) is 0 Å². The maximum Gasteiger partial charge on any atom is 0.573 e. The van der Waals surface area contributed by atoms with Gasteiger partial charge in [-0.25, -0.2) is 4.98 Å². The number of pyridine rings is 1. The fourth-order valence-electron chi connectivity index (χ4n) is 0.845. The summed E-state index contributed by atoms with van der Waals surface area (Å²) in [4.78, 5) is 3.08. The van der Waals surface area contributed by atoms with Gasteiger partial charge >= 0.3 is 12.5 Å². The summed E-state index contributed by atoms with van der Waals surface area (Å²) in [7, 11) is 0. The highest BCUT2D eigenvalue weighted by Crippen LogP contribution is 2.38. The monoisotopic (exact) mass is 265 g/mol. The first-order valence-electron chi connectivity index (χ1n) is 3.58. The minimum absolute atomic E-state index is 0.253. The molecule has 1 rings (SSSR count). The van der Waals surface area contributed by atoms with Crippen LogP contribution in [0.3, 0.4) is 0 Å². The lowest BCUT2D eigenvalue weighted by Gasteiger charge is -2.14. The molecule has 0 unspecified atom stereocenters. The zero-order valence-corrected chi connectivity index (χ0v) is 7.91. The topological polar surface area (TPSA) is 22.1 Å². The van der Waals surface area contributed by atoms with Crippen molar-refractivity contribution in [1.82, 2.24) is 4.98 Å². The molecular formula is C7H2ClF6NO. The van der Waals surface area contributed by atoms with Crippen molar-refractivity contribution in [3.05, 3.63) is 23.0 Å². The van der Waals surface area contributed by atoms with Gasteiger partial charge in [-0.15, -0.1) is 13.2 Å². The molecule has 0 N–H and O–H groups in total. The van der Waals surface area contributed by atoms with E-state index in [1.165, 1.54) is 0 Å². The molecule has 0 spiro atoms. The Labute approximate surface area is 89.8 Å². The van der Waals surface area contributed by atoms with Crippen molar-refractivity contribution < 1.29 is 31.1 Å². The molecule has 9 heteroatoms. The first kappa shape index (κ1) is 12.9. The third kappa shape index (κ3) is 3.44. The molecule has 2 nitrogen and oxygen atoms in total. The Morgan fingerprint density at radius 2 is 1.69 bits per heavy atom. The summed E-state index contributed by atoms with van der Waals surface area (Å²) in [6, 6.07) is 0.253. The van der Waals surface area contributed by atoms with Gasteiger partial charge < -0.3 is 4.74 Å². The highest BCUT2D eigenvalue weighted by atomic mass is 35.5. The fourth-order valence-corrected chi connectivity index (χ4v) is 1.00. The molecule has 0 amide bonds. The van der Waals surface area contributed by atoms with Gasteiger partial charge in [0.1, 0.15) is 10.7 Å². The van der Waals surface area contributed by atoms with Crippen molar-refractivity contribution in [2.75, 3.05) is 0 Å². The van der Waals surface area contributed by atoms with Crippen LogP contribution in [-0.2, 0) is 6.18 Å². The van der Waals surface area contributed by atoms with Crippen LogP contribution in [0.4, 0.5) is 26.3 Å². The van der Waals surface area contributed by atoms with Gasteiger partial charge in [-0.1, -0.05) is 11.6 Å². The second kappa shape index (κ2) is 4.00. The normalized spacial score (nSPS) is 12.7. The van der Waals surface area contributed by atoms with Crippen LogP contribution in [0.5, 0.6) is 5.75 Å². The van der Waals surface area contributed by atoms with E-state index in [0.717, 1.165) is 0 Å². The van der Waals surface area contributed by atoms with Crippen LogP contribution >= 0.6 is 11.6 Å². The number of hydrogen-bond donors (Lipinski definition) is 0. The van der Waals surface area contributed by atoms with Crippen molar-refractivity contribution in [1.29, 1.82) is 0 Å². The lowest BCUT2D eigenvalue weighted by Crippen LogP contribution is -2.20. The first-order chi connectivity index (χ1) is 7.09. The largest absolute Gasteiger partial charge is 0.573 e. The summed E-state index contributed by atoms with van der Waals surface area (Å²) in [5.74, 6) is -1.44. The number of nitrogens with zero attached hydrogens (tertiary/aromatic N) is 1. The highest BCUT2D eigenvalue weighted by Gasteiger charge is 2.39. The van der Waals surface area contributed by atoms with E-state index in [2.05, 4.69) is 9.72 Å². The van der Waals surface area contributed by atoms with Gasteiger partial charge in [-0.2, -0.15) is 13.2 Å². The molecule has 0 radical (unpaired) electrons. The quantitative estimate of drug-likeness (QED) is 0.571. The molecule has 1 aromatic heterocycles. The summed E-state index contributed by atoms with van der Waals surface area (Å²) >= 11 is 5.15. The molecule has 90 valence electrons. The molecule has 0 fully saturated rings. The Morgan fingerprint density at radius 3 is 2.12 bits per heavy atom. The van der Waals surface area contributed by atoms with E-state index < -0.39 is 29.0 Å². The summed E-state index contributed by atoms with van der Waals surface area (Å²) in [6.45, 7) is 0. The highest BCUT2D eigenvalue weighted by molar-refractivity contribution is 6.29. The van der Waals surface area contributed by atoms with Gasteiger partial charge in [0.2, 0.25) is 0 Å². The van der Waals surface area contributed by atoms with E-state index in [-0.39, 0.29) is 12.3 Å². The summed E-state index contributed by atoms with van der Waals surface area (Å²) < 4.78 is 75.3. The van der Waals surface area contributed by atoms with E-state index in [9.17, 15) is 26.3 Å². The first-order valence-corrected chi connectivity index (χ1v) is 3.96. The van der Waals surface area contributed by atoms with Gasteiger partial charge in [0.05, 0.1) is 6.20 Å². The van der Waals surface area contributed by atoms with Crippen LogP contribution in [0.25, 0.3) is 0 Å². The lowest BCUT2D eigenvalue weighted by atomic mass is 10.2. The fraction of sp³-hybridized carbons (Fsp3) is 0.286. The number of alkyl halides is 6. The second-order valence-electron chi connectivity index (χ2n) is 2.55. The van der Waals surface area contributed by atoms with Crippen molar-refractivity contribution in [3.63, 3.8) is 0 Å².